The van der Waals surface area contributed by atoms with Crippen LogP contribution in [0.4, 0.5) is 11.5 Å². The number of carbonyl (C=O) groups is 2. The first-order chi connectivity index (χ1) is 22.1. The fraction of sp³-hybridized carbons (Fsp3) is 0.216. The molecule has 8 nitrogen and oxygen atoms in total. The molecule has 3 aromatic carbocycles. The molecule has 8 heteroatoms. The van der Waals surface area contributed by atoms with Crippen LogP contribution >= 0.6 is 0 Å². The average molecular weight is 598 g/mol. The lowest BCUT2D eigenvalue weighted by Gasteiger charge is -2.40. The summed E-state index contributed by atoms with van der Waals surface area (Å²) in [7, 11) is 1.67. The number of hydrogen-bond donors (Lipinski definition) is 0. The number of benzene rings is 3. The second-order valence-corrected chi connectivity index (χ2v) is 11.6. The second-order valence-electron chi connectivity index (χ2n) is 11.6. The molecule has 7 rings (SSSR count). The smallest absolute Gasteiger partial charge is 0.258 e. The molecule has 4 heterocycles. The van der Waals surface area contributed by atoms with Gasteiger partial charge in [0.1, 0.15) is 11.6 Å². The Hall–Kier alpha value is -5.37. The van der Waals surface area contributed by atoms with E-state index in [1.165, 1.54) is 0 Å². The van der Waals surface area contributed by atoms with E-state index >= 15 is 0 Å². The van der Waals surface area contributed by atoms with E-state index < -0.39 is 0 Å². The van der Waals surface area contributed by atoms with Gasteiger partial charge in [-0.1, -0.05) is 48.5 Å². The third-order valence-electron chi connectivity index (χ3n) is 9.02. The van der Waals surface area contributed by atoms with Crippen molar-refractivity contribution in [2.24, 2.45) is 0 Å². The first-order valence-electron chi connectivity index (χ1n) is 15.2. The highest BCUT2D eigenvalue weighted by atomic mass is 16.5. The molecule has 0 aliphatic carbocycles. The van der Waals surface area contributed by atoms with E-state index in [0.717, 1.165) is 63.9 Å². The molecule has 0 spiro atoms. The van der Waals surface area contributed by atoms with Crippen molar-refractivity contribution in [2.75, 3.05) is 36.5 Å². The van der Waals surface area contributed by atoms with Crippen molar-refractivity contribution in [3.05, 3.63) is 131 Å². The monoisotopic (exact) mass is 597 g/mol. The van der Waals surface area contributed by atoms with Gasteiger partial charge in [-0.25, -0.2) is 4.98 Å². The number of hydrogen-bond acceptors (Lipinski definition) is 5. The molecule has 1 atom stereocenters. The zero-order chi connectivity index (χ0) is 30.9. The zero-order valence-corrected chi connectivity index (χ0v) is 25.5. The quantitative estimate of drug-likeness (QED) is 0.222. The Morgan fingerprint density at radius 3 is 2.51 bits per heavy atom. The van der Waals surface area contributed by atoms with Gasteiger partial charge < -0.3 is 24.0 Å². The van der Waals surface area contributed by atoms with Gasteiger partial charge in [0.2, 0.25) is 6.41 Å². The summed E-state index contributed by atoms with van der Waals surface area (Å²) in [6, 6.07) is 31.9. The number of ether oxygens (including phenoxy) is 1. The third kappa shape index (κ3) is 5.22. The Bertz CT molecular complexity index is 1870. The van der Waals surface area contributed by atoms with Crippen LogP contribution in [0.5, 0.6) is 5.75 Å². The summed E-state index contributed by atoms with van der Waals surface area (Å²) in [5.74, 6) is 1.65. The van der Waals surface area contributed by atoms with Gasteiger partial charge in [0.15, 0.2) is 0 Å². The number of amides is 2. The van der Waals surface area contributed by atoms with E-state index in [9.17, 15) is 9.59 Å². The van der Waals surface area contributed by atoms with Crippen LogP contribution in [-0.4, -0.2) is 53.5 Å². The molecule has 0 N–H and O–H groups in total. The second kappa shape index (κ2) is 12.0. The van der Waals surface area contributed by atoms with Crippen molar-refractivity contribution in [2.45, 2.75) is 26.1 Å². The maximum atomic E-state index is 14.3. The number of carbonyl (C=O) groups excluding carboxylic acids is 2. The van der Waals surface area contributed by atoms with Crippen LogP contribution < -0.4 is 14.5 Å². The van der Waals surface area contributed by atoms with Gasteiger partial charge in [-0.3, -0.25) is 9.59 Å². The SMILES string of the molecule is COc1ccccc1-c1ccc(C(=O)N2Cc3ccc(C4CN(c5ccccn5)CCN4C=O)n3Cc3ccccc32)cc1C. The molecule has 45 heavy (non-hydrogen) atoms. The number of anilines is 2. The van der Waals surface area contributed by atoms with Crippen LogP contribution in [0.15, 0.2) is 103 Å². The van der Waals surface area contributed by atoms with E-state index in [4.69, 9.17) is 4.74 Å². The van der Waals surface area contributed by atoms with Gasteiger partial charge in [-0.2, -0.15) is 0 Å². The molecule has 2 amide bonds. The number of fused-ring (bicyclic) bond motifs is 2. The maximum Gasteiger partial charge on any atom is 0.258 e. The highest BCUT2D eigenvalue weighted by molar-refractivity contribution is 6.07. The van der Waals surface area contributed by atoms with E-state index in [1.54, 1.807) is 13.3 Å². The number of pyridine rings is 1. The molecule has 2 aliphatic rings. The Morgan fingerprint density at radius 2 is 1.71 bits per heavy atom. The molecule has 1 fully saturated rings. The molecule has 5 aromatic rings. The minimum absolute atomic E-state index is 0.0539. The molecule has 2 aliphatic heterocycles. The predicted molar refractivity (Wildman–Crippen MR) is 176 cm³/mol. The van der Waals surface area contributed by atoms with Crippen LogP contribution in [0.25, 0.3) is 11.1 Å². The molecule has 226 valence electrons. The minimum atomic E-state index is -0.147. The van der Waals surface area contributed by atoms with E-state index in [1.807, 2.05) is 95.6 Å². The predicted octanol–water partition coefficient (Wildman–Crippen LogP) is 6.10. The molecule has 2 aromatic heterocycles. The van der Waals surface area contributed by atoms with E-state index in [2.05, 4.69) is 32.7 Å². The summed E-state index contributed by atoms with van der Waals surface area (Å²) in [6.45, 7) is 5.03. The fourth-order valence-electron chi connectivity index (χ4n) is 6.71. The van der Waals surface area contributed by atoms with Crippen molar-refractivity contribution in [3.8, 4) is 16.9 Å². The van der Waals surface area contributed by atoms with Crippen molar-refractivity contribution in [1.29, 1.82) is 0 Å². The lowest BCUT2D eigenvalue weighted by atomic mass is 9.97. The van der Waals surface area contributed by atoms with Gasteiger partial charge in [-0.05, 0) is 72.1 Å². The summed E-state index contributed by atoms with van der Waals surface area (Å²) in [4.78, 5) is 37.1. The summed E-state index contributed by atoms with van der Waals surface area (Å²) in [5, 5.41) is 0. The Morgan fingerprint density at radius 1 is 0.889 bits per heavy atom. The number of methoxy groups -OCH3 is 1. The van der Waals surface area contributed by atoms with Crippen LogP contribution in [-0.2, 0) is 17.9 Å². The van der Waals surface area contributed by atoms with Crippen molar-refractivity contribution in [1.82, 2.24) is 14.5 Å². The fourth-order valence-corrected chi connectivity index (χ4v) is 6.71. The Balaban J connectivity index is 1.23. The number of aromatic nitrogens is 2. The topological polar surface area (TPSA) is 70.9 Å². The zero-order valence-electron chi connectivity index (χ0n) is 25.5. The molecule has 1 saturated heterocycles. The first-order valence-corrected chi connectivity index (χ1v) is 15.2. The van der Waals surface area contributed by atoms with Gasteiger partial charge in [0.05, 0.1) is 19.7 Å². The van der Waals surface area contributed by atoms with Gasteiger partial charge in [0, 0.05) is 60.6 Å². The third-order valence-corrected chi connectivity index (χ3v) is 9.02. The van der Waals surface area contributed by atoms with Crippen LogP contribution in [0.2, 0.25) is 0 Å². The number of para-hydroxylation sites is 2. The minimum Gasteiger partial charge on any atom is -0.496 e. The highest BCUT2D eigenvalue weighted by Gasteiger charge is 2.33. The lowest BCUT2D eigenvalue weighted by molar-refractivity contribution is -0.120. The number of piperazine rings is 1. The van der Waals surface area contributed by atoms with Gasteiger partial charge in [-0.15, -0.1) is 0 Å². The average Bonchev–Trinajstić information content (AvgIpc) is 3.40. The molecule has 0 radical (unpaired) electrons. The largest absolute Gasteiger partial charge is 0.496 e. The molecule has 0 bridgehead atoms. The summed E-state index contributed by atoms with van der Waals surface area (Å²) in [5.41, 5.74) is 7.70. The van der Waals surface area contributed by atoms with Crippen molar-refractivity contribution >= 4 is 23.8 Å². The Kier molecular flexibility index (Phi) is 7.55. The van der Waals surface area contributed by atoms with Gasteiger partial charge >= 0.3 is 0 Å². The van der Waals surface area contributed by atoms with Gasteiger partial charge in [0.25, 0.3) is 5.91 Å². The number of aryl methyl sites for hydroxylation is 1. The van der Waals surface area contributed by atoms with Crippen LogP contribution in [0.3, 0.4) is 0 Å². The summed E-state index contributed by atoms with van der Waals surface area (Å²) < 4.78 is 7.88. The number of nitrogens with zero attached hydrogens (tertiary/aromatic N) is 5. The molecule has 1 unspecified atom stereocenters. The van der Waals surface area contributed by atoms with E-state index in [0.29, 0.717) is 31.7 Å². The lowest BCUT2D eigenvalue weighted by Crippen LogP contribution is -2.48. The van der Waals surface area contributed by atoms with Crippen molar-refractivity contribution < 1.29 is 14.3 Å². The first kappa shape index (κ1) is 28.4. The molecule has 0 saturated carbocycles. The van der Waals surface area contributed by atoms with Crippen LogP contribution in [0, 0.1) is 6.92 Å². The summed E-state index contributed by atoms with van der Waals surface area (Å²) in [6.07, 6.45) is 2.76. The van der Waals surface area contributed by atoms with E-state index in [-0.39, 0.29) is 11.9 Å². The number of rotatable bonds is 6. The van der Waals surface area contributed by atoms with Crippen molar-refractivity contribution in [3.63, 3.8) is 0 Å². The standard InChI is InChI=1S/C37H35N5O3/c1-26-21-27(14-16-30(26)31-10-4-6-12-35(31)45-2)37(44)42-23-29-15-17-33(41(29)22-28-9-3-5-11-32(28)42)34-24-39(19-20-40(34)25-43)36-13-7-8-18-38-36/h3-18,21,25,34H,19-20,22-24H2,1-2H3. The highest BCUT2D eigenvalue weighted by Crippen LogP contribution is 2.36. The molecular formula is C37H35N5O3. The summed E-state index contributed by atoms with van der Waals surface area (Å²) >= 11 is 0. The Labute approximate surface area is 263 Å². The molecular weight excluding hydrogens is 562 g/mol. The maximum absolute atomic E-state index is 14.3. The normalized spacial score (nSPS) is 16.0. The van der Waals surface area contributed by atoms with Crippen LogP contribution in [0.1, 0.15) is 38.9 Å².